The number of anilines is 1. The van der Waals surface area contributed by atoms with E-state index in [1.54, 1.807) is 42.7 Å². The van der Waals surface area contributed by atoms with Crippen molar-refractivity contribution in [3.05, 3.63) is 94.5 Å². The summed E-state index contributed by atoms with van der Waals surface area (Å²) in [7, 11) is 0. The lowest BCUT2D eigenvalue weighted by Crippen LogP contribution is -2.25. The first-order valence-electron chi connectivity index (χ1n) is 8.07. The number of nitrogens with one attached hydrogen (secondary N) is 2. The smallest absolute Gasteiger partial charge is 0.258 e. The molecule has 1 aromatic heterocycles. The number of hydrogen-bond donors (Lipinski definition) is 2. The van der Waals surface area contributed by atoms with Crippen LogP contribution in [0.25, 0.3) is 0 Å². The van der Waals surface area contributed by atoms with Crippen LogP contribution in [-0.4, -0.2) is 16.8 Å². The van der Waals surface area contributed by atoms with Crippen molar-refractivity contribution in [2.24, 2.45) is 0 Å². The van der Waals surface area contributed by atoms with Crippen LogP contribution < -0.4 is 10.6 Å². The Morgan fingerprint density at radius 3 is 2.56 bits per heavy atom. The second-order valence-corrected chi connectivity index (χ2v) is 6.10. The summed E-state index contributed by atoms with van der Waals surface area (Å²) in [6.45, 7) is 0.292. The van der Waals surface area contributed by atoms with E-state index in [0.717, 1.165) is 11.6 Å². The third-order valence-electron chi connectivity index (χ3n) is 3.77. The van der Waals surface area contributed by atoms with Crippen LogP contribution in [0.4, 0.5) is 10.1 Å². The summed E-state index contributed by atoms with van der Waals surface area (Å²) in [5.74, 6) is -1.78. The molecule has 2 aromatic carbocycles. The van der Waals surface area contributed by atoms with Crippen molar-refractivity contribution in [2.45, 2.75) is 6.54 Å². The Hall–Kier alpha value is -3.25. The lowest BCUT2D eigenvalue weighted by Gasteiger charge is -2.12. The van der Waals surface area contributed by atoms with Crippen molar-refractivity contribution in [2.75, 3.05) is 5.32 Å². The second-order valence-electron chi connectivity index (χ2n) is 5.67. The SMILES string of the molecule is O=C(Nc1ccccc1C(=O)NCc1cccnc1)c1ccc(Cl)cc1F. The standard InChI is InChI=1S/C20H15ClFN3O2/c21-14-7-8-15(17(22)10-14)20(27)25-18-6-2-1-5-16(18)19(26)24-12-13-4-3-9-23-11-13/h1-11H,12H2,(H,24,26)(H,25,27). The van der Waals surface area contributed by atoms with Gasteiger partial charge < -0.3 is 10.6 Å². The molecule has 1 heterocycles. The fourth-order valence-electron chi connectivity index (χ4n) is 2.43. The molecule has 0 aliphatic heterocycles. The van der Waals surface area contributed by atoms with Gasteiger partial charge in [-0.25, -0.2) is 4.39 Å². The second kappa shape index (κ2) is 8.42. The number of hydrogen-bond acceptors (Lipinski definition) is 3. The zero-order valence-electron chi connectivity index (χ0n) is 14.1. The fourth-order valence-corrected chi connectivity index (χ4v) is 2.59. The van der Waals surface area contributed by atoms with Crippen LogP contribution in [0.2, 0.25) is 5.02 Å². The molecule has 0 saturated heterocycles. The van der Waals surface area contributed by atoms with Gasteiger partial charge in [0, 0.05) is 24.0 Å². The van der Waals surface area contributed by atoms with Gasteiger partial charge in [-0.15, -0.1) is 0 Å². The number of para-hydroxylation sites is 1. The van der Waals surface area contributed by atoms with E-state index in [4.69, 9.17) is 11.6 Å². The van der Waals surface area contributed by atoms with E-state index < -0.39 is 11.7 Å². The number of carbonyl (C=O) groups excluding carboxylic acids is 2. The van der Waals surface area contributed by atoms with Crippen LogP contribution in [0.1, 0.15) is 26.3 Å². The third kappa shape index (κ3) is 4.68. The Bertz CT molecular complexity index is 980. The molecule has 3 aromatic rings. The van der Waals surface area contributed by atoms with Crippen molar-refractivity contribution in [1.29, 1.82) is 0 Å². The van der Waals surface area contributed by atoms with E-state index in [2.05, 4.69) is 15.6 Å². The zero-order chi connectivity index (χ0) is 19.2. The maximum absolute atomic E-state index is 13.9. The van der Waals surface area contributed by atoms with Gasteiger partial charge in [-0.1, -0.05) is 29.8 Å². The third-order valence-corrected chi connectivity index (χ3v) is 4.01. The number of amides is 2. The molecule has 0 bridgehead atoms. The van der Waals surface area contributed by atoms with Gasteiger partial charge in [0.05, 0.1) is 16.8 Å². The fraction of sp³-hybridized carbons (Fsp3) is 0.0500. The molecule has 2 amide bonds. The monoisotopic (exact) mass is 383 g/mol. The van der Waals surface area contributed by atoms with Crippen molar-refractivity contribution in [3.63, 3.8) is 0 Å². The molecular formula is C20H15ClFN3O2. The van der Waals surface area contributed by atoms with E-state index in [-0.39, 0.29) is 27.7 Å². The first-order valence-corrected chi connectivity index (χ1v) is 8.45. The summed E-state index contributed by atoms with van der Waals surface area (Å²) >= 11 is 5.70. The molecule has 0 unspecified atom stereocenters. The maximum Gasteiger partial charge on any atom is 0.258 e. The number of benzene rings is 2. The van der Waals surface area contributed by atoms with Crippen LogP contribution in [0.3, 0.4) is 0 Å². The Kier molecular flexibility index (Phi) is 5.78. The highest BCUT2D eigenvalue weighted by molar-refractivity contribution is 6.30. The minimum absolute atomic E-state index is 0.162. The van der Waals surface area contributed by atoms with E-state index in [1.807, 2.05) is 6.07 Å². The zero-order valence-corrected chi connectivity index (χ0v) is 14.8. The van der Waals surface area contributed by atoms with Crippen LogP contribution in [0, 0.1) is 5.82 Å². The lowest BCUT2D eigenvalue weighted by atomic mass is 10.1. The van der Waals surface area contributed by atoms with E-state index in [1.165, 1.54) is 12.1 Å². The van der Waals surface area contributed by atoms with Gasteiger partial charge in [-0.2, -0.15) is 0 Å². The molecule has 2 N–H and O–H groups in total. The lowest BCUT2D eigenvalue weighted by molar-refractivity contribution is 0.0951. The Morgan fingerprint density at radius 1 is 1.00 bits per heavy atom. The number of nitrogens with zero attached hydrogens (tertiary/aromatic N) is 1. The highest BCUT2D eigenvalue weighted by Crippen LogP contribution is 2.19. The molecule has 0 aliphatic rings. The molecule has 0 saturated carbocycles. The van der Waals surface area contributed by atoms with Gasteiger partial charge in [0.1, 0.15) is 5.82 Å². The number of rotatable bonds is 5. The van der Waals surface area contributed by atoms with Crippen molar-refractivity contribution >= 4 is 29.1 Å². The quantitative estimate of drug-likeness (QED) is 0.698. The number of aromatic nitrogens is 1. The van der Waals surface area contributed by atoms with Gasteiger partial charge >= 0.3 is 0 Å². The summed E-state index contributed by atoms with van der Waals surface area (Å²) in [6.07, 6.45) is 3.29. The Labute approximate surface area is 160 Å². The van der Waals surface area contributed by atoms with Crippen LogP contribution >= 0.6 is 11.6 Å². The molecule has 27 heavy (non-hydrogen) atoms. The van der Waals surface area contributed by atoms with Crippen molar-refractivity contribution < 1.29 is 14.0 Å². The average molecular weight is 384 g/mol. The molecule has 0 atom stereocenters. The van der Waals surface area contributed by atoms with Crippen molar-refractivity contribution in [3.8, 4) is 0 Å². The Balaban J connectivity index is 1.75. The van der Waals surface area contributed by atoms with E-state index >= 15 is 0 Å². The maximum atomic E-state index is 13.9. The first-order chi connectivity index (χ1) is 13.0. The summed E-state index contributed by atoms with van der Waals surface area (Å²) in [6, 6.07) is 13.9. The number of halogens is 2. The highest BCUT2D eigenvalue weighted by atomic mass is 35.5. The molecular weight excluding hydrogens is 369 g/mol. The topological polar surface area (TPSA) is 71.1 Å². The predicted molar refractivity (Wildman–Crippen MR) is 101 cm³/mol. The van der Waals surface area contributed by atoms with Gasteiger partial charge in [0.15, 0.2) is 0 Å². The number of pyridine rings is 1. The summed E-state index contributed by atoms with van der Waals surface area (Å²) in [5.41, 5.74) is 1.23. The molecule has 3 rings (SSSR count). The molecule has 7 heteroatoms. The largest absolute Gasteiger partial charge is 0.348 e. The summed E-state index contributed by atoms with van der Waals surface area (Å²) < 4.78 is 13.9. The minimum Gasteiger partial charge on any atom is -0.348 e. The predicted octanol–water partition coefficient (Wildman–Crippen LogP) is 4.06. The molecule has 0 aliphatic carbocycles. The van der Waals surface area contributed by atoms with Gasteiger partial charge in [0.25, 0.3) is 11.8 Å². The summed E-state index contributed by atoms with van der Waals surface area (Å²) in [5, 5.41) is 5.53. The average Bonchev–Trinajstić information content (AvgIpc) is 2.67. The summed E-state index contributed by atoms with van der Waals surface area (Å²) in [4.78, 5) is 28.8. The van der Waals surface area contributed by atoms with Crippen LogP contribution in [-0.2, 0) is 6.54 Å². The van der Waals surface area contributed by atoms with Gasteiger partial charge in [-0.05, 0) is 42.0 Å². The Morgan fingerprint density at radius 2 is 1.81 bits per heavy atom. The van der Waals surface area contributed by atoms with Crippen LogP contribution in [0.15, 0.2) is 67.0 Å². The molecule has 0 fully saturated rings. The van der Waals surface area contributed by atoms with E-state index in [0.29, 0.717) is 6.54 Å². The highest BCUT2D eigenvalue weighted by Gasteiger charge is 2.16. The first kappa shape index (κ1) is 18.5. The molecule has 136 valence electrons. The van der Waals surface area contributed by atoms with Crippen molar-refractivity contribution in [1.82, 2.24) is 10.3 Å². The van der Waals surface area contributed by atoms with E-state index in [9.17, 15) is 14.0 Å². The molecule has 5 nitrogen and oxygen atoms in total. The van der Waals surface area contributed by atoms with Gasteiger partial charge in [0.2, 0.25) is 0 Å². The molecule has 0 spiro atoms. The normalized spacial score (nSPS) is 10.3. The van der Waals surface area contributed by atoms with Crippen LogP contribution in [0.5, 0.6) is 0 Å². The minimum atomic E-state index is -0.737. The molecule has 0 radical (unpaired) electrons. The van der Waals surface area contributed by atoms with Gasteiger partial charge in [-0.3, -0.25) is 14.6 Å². The number of carbonyl (C=O) groups is 2.